The lowest BCUT2D eigenvalue weighted by Crippen LogP contribution is -2.54. The van der Waals surface area contributed by atoms with E-state index in [4.69, 9.17) is 0 Å². The van der Waals surface area contributed by atoms with E-state index in [-0.39, 0.29) is 5.91 Å². The number of guanidine groups is 1. The highest BCUT2D eigenvalue weighted by atomic mass is 16.2. The molecule has 2 saturated carbocycles. The van der Waals surface area contributed by atoms with Crippen LogP contribution in [0.1, 0.15) is 38.5 Å². The number of nitrogens with one attached hydrogen (secondary N) is 2. The predicted molar refractivity (Wildman–Crippen MR) is 105 cm³/mol. The minimum atomic E-state index is 0.179. The normalized spacial score (nSPS) is 22.9. The Balaban J connectivity index is 1.33. The van der Waals surface area contributed by atoms with Gasteiger partial charge in [0.2, 0.25) is 5.91 Å². The van der Waals surface area contributed by atoms with Crippen LogP contribution >= 0.6 is 0 Å². The number of aliphatic imine (C=N–C) groups is 1. The van der Waals surface area contributed by atoms with Gasteiger partial charge in [-0.2, -0.15) is 0 Å². The summed E-state index contributed by atoms with van der Waals surface area (Å²) < 4.78 is 0. The molecule has 0 unspecified atom stereocenters. The predicted octanol–water partition coefficient (Wildman–Crippen LogP) is 0.332. The van der Waals surface area contributed by atoms with Gasteiger partial charge >= 0.3 is 0 Å². The number of amides is 1. The summed E-state index contributed by atoms with van der Waals surface area (Å²) in [5, 5.41) is 6.59. The average molecular weight is 365 g/mol. The lowest BCUT2D eigenvalue weighted by Gasteiger charge is -2.36. The van der Waals surface area contributed by atoms with Gasteiger partial charge in [-0.15, -0.1) is 0 Å². The van der Waals surface area contributed by atoms with E-state index >= 15 is 0 Å². The molecule has 1 heterocycles. The van der Waals surface area contributed by atoms with Gasteiger partial charge in [-0.3, -0.25) is 14.7 Å². The van der Waals surface area contributed by atoms with Crippen molar-refractivity contribution in [3.05, 3.63) is 0 Å². The van der Waals surface area contributed by atoms with Crippen LogP contribution in [0.15, 0.2) is 4.99 Å². The SMILES string of the molecule is CN=C(NCCN(C)C1CCCC1)N1CCN(CC(=O)NC2CC2)CC1. The van der Waals surface area contributed by atoms with E-state index < -0.39 is 0 Å². The van der Waals surface area contributed by atoms with Gasteiger partial charge in [0.15, 0.2) is 5.96 Å². The summed E-state index contributed by atoms with van der Waals surface area (Å²) in [6.07, 6.45) is 7.76. The molecule has 0 aromatic carbocycles. The lowest BCUT2D eigenvalue weighted by molar-refractivity contribution is -0.122. The quantitative estimate of drug-likeness (QED) is 0.504. The van der Waals surface area contributed by atoms with Crippen molar-refractivity contribution in [3.8, 4) is 0 Å². The molecule has 0 aromatic heterocycles. The Labute approximate surface area is 158 Å². The van der Waals surface area contributed by atoms with E-state index in [0.717, 1.165) is 64.1 Å². The molecule has 1 aliphatic heterocycles. The zero-order valence-corrected chi connectivity index (χ0v) is 16.5. The Kier molecular flexibility index (Phi) is 7.14. The molecule has 3 aliphatic rings. The molecule has 0 radical (unpaired) electrons. The summed E-state index contributed by atoms with van der Waals surface area (Å²) >= 11 is 0. The van der Waals surface area contributed by atoms with Crippen molar-refractivity contribution in [1.82, 2.24) is 25.3 Å². The van der Waals surface area contributed by atoms with E-state index in [0.29, 0.717) is 12.6 Å². The minimum Gasteiger partial charge on any atom is -0.355 e. The van der Waals surface area contributed by atoms with Gasteiger partial charge in [0.1, 0.15) is 0 Å². The fourth-order valence-electron chi connectivity index (χ4n) is 4.03. The third kappa shape index (κ3) is 5.84. The highest BCUT2D eigenvalue weighted by molar-refractivity contribution is 5.80. The summed E-state index contributed by atoms with van der Waals surface area (Å²) in [4.78, 5) is 23.4. The Morgan fingerprint density at radius 1 is 1.12 bits per heavy atom. The lowest BCUT2D eigenvalue weighted by atomic mass is 10.2. The molecule has 0 bridgehead atoms. The Bertz CT molecular complexity index is 478. The number of rotatable bonds is 7. The monoisotopic (exact) mass is 364 g/mol. The minimum absolute atomic E-state index is 0.179. The van der Waals surface area contributed by atoms with Crippen LogP contribution in [0.3, 0.4) is 0 Å². The molecular weight excluding hydrogens is 328 g/mol. The van der Waals surface area contributed by atoms with E-state index in [9.17, 15) is 4.79 Å². The Morgan fingerprint density at radius 3 is 2.42 bits per heavy atom. The van der Waals surface area contributed by atoms with Gasteiger partial charge in [0.25, 0.3) is 0 Å². The third-order valence-corrected chi connectivity index (χ3v) is 5.89. The molecule has 7 heteroatoms. The molecule has 0 atom stereocenters. The van der Waals surface area contributed by atoms with Gasteiger partial charge in [0, 0.05) is 58.4 Å². The van der Waals surface area contributed by atoms with Crippen molar-refractivity contribution in [2.75, 3.05) is 59.9 Å². The number of hydrogen-bond acceptors (Lipinski definition) is 4. The summed E-state index contributed by atoms with van der Waals surface area (Å²) in [7, 11) is 4.10. The van der Waals surface area contributed by atoms with E-state index in [2.05, 4.69) is 37.4 Å². The molecule has 1 amide bonds. The summed E-state index contributed by atoms with van der Waals surface area (Å²) in [6.45, 7) is 6.21. The third-order valence-electron chi connectivity index (χ3n) is 5.89. The van der Waals surface area contributed by atoms with Crippen LogP contribution in [0.25, 0.3) is 0 Å². The van der Waals surface area contributed by atoms with Crippen molar-refractivity contribution in [3.63, 3.8) is 0 Å². The van der Waals surface area contributed by atoms with Gasteiger partial charge < -0.3 is 20.4 Å². The van der Waals surface area contributed by atoms with Crippen LogP contribution in [0.4, 0.5) is 0 Å². The largest absolute Gasteiger partial charge is 0.355 e. The number of nitrogens with zero attached hydrogens (tertiary/aromatic N) is 4. The summed E-state index contributed by atoms with van der Waals surface area (Å²) in [5.41, 5.74) is 0. The average Bonchev–Trinajstić information content (AvgIpc) is 3.27. The Hall–Kier alpha value is -1.34. The number of hydrogen-bond donors (Lipinski definition) is 2. The van der Waals surface area contributed by atoms with E-state index in [1.807, 2.05) is 7.05 Å². The van der Waals surface area contributed by atoms with E-state index in [1.54, 1.807) is 0 Å². The van der Waals surface area contributed by atoms with Gasteiger partial charge in [-0.05, 0) is 32.7 Å². The highest BCUT2D eigenvalue weighted by Gasteiger charge is 2.26. The smallest absolute Gasteiger partial charge is 0.234 e. The fourth-order valence-corrected chi connectivity index (χ4v) is 4.03. The van der Waals surface area contributed by atoms with Gasteiger partial charge in [0.05, 0.1) is 6.54 Å². The molecule has 3 fully saturated rings. The maximum Gasteiger partial charge on any atom is 0.234 e. The molecule has 3 rings (SSSR count). The topological polar surface area (TPSA) is 63.2 Å². The molecule has 26 heavy (non-hydrogen) atoms. The van der Waals surface area contributed by atoms with Crippen molar-refractivity contribution in [2.45, 2.75) is 50.6 Å². The highest BCUT2D eigenvalue weighted by Crippen LogP contribution is 2.21. The summed E-state index contributed by atoms with van der Waals surface area (Å²) in [6, 6.07) is 1.22. The fraction of sp³-hybridized carbons (Fsp3) is 0.895. The van der Waals surface area contributed by atoms with Crippen molar-refractivity contribution in [1.29, 1.82) is 0 Å². The molecule has 7 nitrogen and oxygen atoms in total. The first-order chi connectivity index (χ1) is 12.7. The van der Waals surface area contributed by atoms with Crippen molar-refractivity contribution in [2.24, 2.45) is 4.99 Å². The van der Waals surface area contributed by atoms with Crippen LogP contribution < -0.4 is 10.6 Å². The van der Waals surface area contributed by atoms with Crippen LogP contribution in [-0.4, -0.2) is 98.6 Å². The maximum atomic E-state index is 11.9. The van der Waals surface area contributed by atoms with Crippen LogP contribution in [0, 0.1) is 0 Å². The number of carbonyl (C=O) groups is 1. The van der Waals surface area contributed by atoms with Crippen LogP contribution in [0.2, 0.25) is 0 Å². The molecule has 2 aliphatic carbocycles. The second-order valence-corrected chi connectivity index (χ2v) is 8.00. The molecule has 1 saturated heterocycles. The molecule has 0 spiro atoms. The second kappa shape index (κ2) is 9.55. The number of piperazine rings is 1. The standard InChI is InChI=1S/C19H36N6O/c1-20-19(21-9-10-23(2)17-5-3-4-6-17)25-13-11-24(12-14-25)15-18(26)22-16-7-8-16/h16-17H,3-15H2,1-2H3,(H,20,21)(H,22,26). The first kappa shape index (κ1) is 19.4. The van der Waals surface area contributed by atoms with Gasteiger partial charge in [-0.25, -0.2) is 0 Å². The molecule has 2 N–H and O–H groups in total. The number of carbonyl (C=O) groups excluding carboxylic acids is 1. The number of likely N-dealkylation sites (N-methyl/N-ethyl adjacent to an activating group) is 1. The van der Waals surface area contributed by atoms with Crippen LogP contribution in [0.5, 0.6) is 0 Å². The van der Waals surface area contributed by atoms with Crippen molar-refractivity contribution < 1.29 is 4.79 Å². The zero-order chi connectivity index (χ0) is 18.4. The van der Waals surface area contributed by atoms with Gasteiger partial charge in [-0.1, -0.05) is 12.8 Å². The first-order valence-electron chi connectivity index (χ1n) is 10.3. The molecular formula is C19H36N6O. The maximum absolute atomic E-state index is 11.9. The molecule has 0 aromatic rings. The van der Waals surface area contributed by atoms with Crippen molar-refractivity contribution >= 4 is 11.9 Å². The molecule has 148 valence electrons. The Morgan fingerprint density at radius 2 is 1.81 bits per heavy atom. The summed E-state index contributed by atoms with van der Waals surface area (Å²) in [5.74, 6) is 1.17. The first-order valence-corrected chi connectivity index (χ1v) is 10.3. The van der Waals surface area contributed by atoms with E-state index in [1.165, 1.54) is 25.7 Å². The van der Waals surface area contributed by atoms with Crippen LogP contribution in [-0.2, 0) is 4.79 Å². The zero-order valence-electron chi connectivity index (χ0n) is 16.5. The second-order valence-electron chi connectivity index (χ2n) is 8.00.